The van der Waals surface area contributed by atoms with E-state index in [0.717, 1.165) is 25.7 Å². The Morgan fingerprint density at radius 2 is 1.74 bits per heavy atom. The summed E-state index contributed by atoms with van der Waals surface area (Å²) < 4.78 is 4.73. The summed E-state index contributed by atoms with van der Waals surface area (Å²) in [5, 5.41) is 27.5. The second kappa shape index (κ2) is 14.7. The highest BCUT2D eigenvalue weighted by Crippen LogP contribution is 2.27. The number of guanidine groups is 1. The van der Waals surface area contributed by atoms with E-state index in [1.165, 1.54) is 13.5 Å². The zero-order chi connectivity index (χ0) is 27.5. The number of amides is 2. The summed E-state index contributed by atoms with van der Waals surface area (Å²) in [5.41, 5.74) is 6.08. The third-order valence-electron chi connectivity index (χ3n) is 7.55. The van der Waals surface area contributed by atoms with Gasteiger partial charge in [-0.1, -0.05) is 62.4 Å². The summed E-state index contributed by atoms with van der Waals surface area (Å²) >= 11 is 0. The molecule has 1 aliphatic heterocycles. The number of ether oxygens (including phenoxy) is 1. The number of likely N-dealkylation sites (tertiary alicyclic amines) is 1. The second-order valence-corrected chi connectivity index (χ2v) is 10.2. The molecule has 38 heavy (non-hydrogen) atoms. The average molecular weight is 531 g/mol. The smallest absolute Gasteiger partial charge is 0.319 e. The van der Waals surface area contributed by atoms with Crippen molar-refractivity contribution < 1.29 is 24.2 Å². The van der Waals surface area contributed by atoms with Crippen molar-refractivity contribution in [3.05, 3.63) is 35.9 Å². The van der Waals surface area contributed by atoms with Gasteiger partial charge in [-0.3, -0.25) is 25.1 Å². The zero-order valence-corrected chi connectivity index (χ0v) is 22.2. The Bertz CT molecular complexity index is 931. The Morgan fingerprint density at radius 3 is 2.34 bits per heavy atom. The number of aliphatic hydroxyl groups is 1. The SMILES string of the molecule is COC(=O)CNC(CC1CCCCC1)C(=O)N[C@@H](C(=O)NC1CCN(C(=N)N)CC1)[C@H](O)c1ccccc1. The van der Waals surface area contributed by atoms with Gasteiger partial charge in [0.15, 0.2) is 5.96 Å². The lowest BCUT2D eigenvalue weighted by atomic mass is 9.84. The minimum atomic E-state index is -1.27. The molecule has 2 fully saturated rings. The molecule has 7 N–H and O–H groups in total. The van der Waals surface area contributed by atoms with Crippen LogP contribution in [-0.2, 0) is 19.1 Å². The molecule has 0 bridgehead atoms. The normalized spacial score (nSPS) is 19.2. The third kappa shape index (κ3) is 8.70. The van der Waals surface area contributed by atoms with Crippen LogP contribution >= 0.6 is 0 Å². The molecular formula is C27H42N6O5. The van der Waals surface area contributed by atoms with Gasteiger partial charge in [0.05, 0.1) is 19.7 Å². The van der Waals surface area contributed by atoms with Gasteiger partial charge in [0.1, 0.15) is 12.1 Å². The molecular weight excluding hydrogens is 488 g/mol. The number of nitrogens with two attached hydrogens (primary N) is 1. The summed E-state index contributed by atoms with van der Waals surface area (Å²) in [6.07, 6.45) is 5.87. The second-order valence-electron chi connectivity index (χ2n) is 10.2. The number of benzene rings is 1. The van der Waals surface area contributed by atoms with Crippen molar-refractivity contribution in [3.8, 4) is 0 Å². The molecule has 210 valence electrons. The fraction of sp³-hybridized carbons (Fsp3) is 0.630. The van der Waals surface area contributed by atoms with Gasteiger partial charge in [0.25, 0.3) is 0 Å². The highest BCUT2D eigenvalue weighted by atomic mass is 16.5. The maximum Gasteiger partial charge on any atom is 0.319 e. The van der Waals surface area contributed by atoms with Crippen molar-refractivity contribution in [1.29, 1.82) is 5.41 Å². The third-order valence-corrected chi connectivity index (χ3v) is 7.55. The molecule has 1 heterocycles. The fourth-order valence-electron chi connectivity index (χ4n) is 5.26. The molecule has 11 nitrogen and oxygen atoms in total. The number of esters is 1. The van der Waals surface area contributed by atoms with Crippen LogP contribution in [0.3, 0.4) is 0 Å². The van der Waals surface area contributed by atoms with E-state index in [2.05, 4.69) is 16.0 Å². The highest BCUT2D eigenvalue weighted by Gasteiger charge is 2.34. The Hall–Kier alpha value is -3.18. The number of aliphatic hydroxyl groups excluding tert-OH is 1. The van der Waals surface area contributed by atoms with E-state index in [9.17, 15) is 19.5 Å². The molecule has 3 atom stereocenters. The van der Waals surface area contributed by atoms with Gasteiger partial charge in [-0.2, -0.15) is 0 Å². The van der Waals surface area contributed by atoms with Crippen LogP contribution in [0.4, 0.5) is 0 Å². The largest absolute Gasteiger partial charge is 0.468 e. The van der Waals surface area contributed by atoms with Gasteiger partial charge in [0, 0.05) is 19.1 Å². The Kier molecular flexibility index (Phi) is 11.3. The number of carbonyl (C=O) groups is 3. The average Bonchev–Trinajstić information content (AvgIpc) is 2.94. The van der Waals surface area contributed by atoms with E-state index in [4.69, 9.17) is 15.9 Å². The number of piperidine rings is 1. The van der Waals surface area contributed by atoms with E-state index in [1.807, 2.05) is 6.07 Å². The number of nitrogens with zero attached hydrogens (tertiary/aromatic N) is 1. The maximum atomic E-state index is 13.5. The molecule has 0 spiro atoms. The Balaban J connectivity index is 1.73. The molecule has 2 amide bonds. The van der Waals surface area contributed by atoms with Crippen molar-refractivity contribution in [2.24, 2.45) is 11.7 Å². The summed E-state index contributed by atoms with van der Waals surface area (Å²) in [7, 11) is 1.29. The molecule has 1 aliphatic carbocycles. The molecule has 1 saturated carbocycles. The molecule has 1 saturated heterocycles. The van der Waals surface area contributed by atoms with Crippen LogP contribution in [0.2, 0.25) is 0 Å². The van der Waals surface area contributed by atoms with Gasteiger partial charge in [-0.15, -0.1) is 0 Å². The number of methoxy groups -OCH3 is 1. The number of nitrogens with one attached hydrogen (secondary N) is 4. The highest BCUT2D eigenvalue weighted by molar-refractivity contribution is 5.90. The van der Waals surface area contributed by atoms with E-state index >= 15 is 0 Å². The first kappa shape index (κ1) is 29.4. The fourth-order valence-corrected chi connectivity index (χ4v) is 5.26. The lowest BCUT2D eigenvalue weighted by Crippen LogP contribution is -2.58. The number of carbonyl (C=O) groups excluding carboxylic acids is 3. The predicted octanol–water partition coefficient (Wildman–Crippen LogP) is 0.780. The lowest BCUT2D eigenvalue weighted by molar-refractivity contribution is -0.140. The van der Waals surface area contributed by atoms with Crippen molar-refractivity contribution in [2.45, 2.75) is 75.6 Å². The van der Waals surface area contributed by atoms with Crippen molar-refractivity contribution >= 4 is 23.7 Å². The first-order valence-corrected chi connectivity index (χ1v) is 13.5. The van der Waals surface area contributed by atoms with Crippen LogP contribution in [0.15, 0.2) is 30.3 Å². The van der Waals surface area contributed by atoms with Crippen LogP contribution in [0.5, 0.6) is 0 Å². The molecule has 2 aliphatic rings. The lowest BCUT2D eigenvalue weighted by Gasteiger charge is -2.34. The Labute approximate surface area is 224 Å². The van der Waals surface area contributed by atoms with Crippen LogP contribution in [-0.4, -0.2) is 78.6 Å². The van der Waals surface area contributed by atoms with Crippen molar-refractivity contribution in [2.75, 3.05) is 26.7 Å². The maximum absolute atomic E-state index is 13.5. The van der Waals surface area contributed by atoms with Crippen molar-refractivity contribution in [3.63, 3.8) is 0 Å². The minimum Gasteiger partial charge on any atom is -0.468 e. The first-order valence-electron chi connectivity index (χ1n) is 13.5. The Morgan fingerprint density at radius 1 is 1.08 bits per heavy atom. The predicted molar refractivity (Wildman–Crippen MR) is 143 cm³/mol. The van der Waals surface area contributed by atoms with E-state index < -0.39 is 36.0 Å². The van der Waals surface area contributed by atoms with Crippen LogP contribution < -0.4 is 21.7 Å². The van der Waals surface area contributed by atoms with Gasteiger partial charge >= 0.3 is 5.97 Å². The quantitative estimate of drug-likeness (QED) is 0.138. The van der Waals surface area contributed by atoms with E-state index in [0.29, 0.717) is 43.8 Å². The summed E-state index contributed by atoms with van der Waals surface area (Å²) in [6.45, 7) is 0.951. The van der Waals surface area contributed by atoms with Gasteiger partial charge in [0.2, 0.25) is 11.8 Å². The standard InChI is InChI=1S/C27H42N6O5/c1-38-22(34)17-30-21(16-18-8-4-2-5-9-18)25(36)32-23(24(35)19-10-6-3-7-11-19)26(37)31-20-12-14-33(15-13-20)27(28)29/h3,6-7,10-11,18,20-21,23-24,30,35H,2,4-5,8-9,12-17H2,1H3,(H3,28,29)(H,31,37)(H,32,36)/t21?,23-,24-/m1/s1. The van der Waals surface area contributed by atoms with Crippen molar-refractivity contribution in [1.82, 2.24) is 20.9 Å². The van der Waals surface area contributed by atoms with Gasteiger partial charge < -0.3 is 31.1 Å². The molecule has 0 aromatic heterocycles. The number of rotatable bonds is 11. The van der Waals surface area contributed by atoms with Gasteiger partial charge in [-0.05, 0) is 30.7 Å². The minimum absolute atomic E-state index is 0.00267. The topological polar surface area (TPSA) is 170 Å². The summed E-state index contributed by atoms with van der Waals surface area (Å²) in [5.74, 6) is -1.08. The molecule has 1 aromatic carbocycles. The van der Waals surface area contributed by atoms with E-state index in [1.54, 1.807) is 29.2 Å². The zero-order valence-electron chi connectivity index (χ0n) is 22.2. The monoisotopic (exact) mass is 530 g/mol. The van der Waals surface area contributed by atoms with Crippen LogP contribution in [0.1, 0.15) is 63.0 Å². The summed E-state index contributed by atoms with van der Waals surface area (Å²) in [4.78, 5) is 40.5. The molecule has 3 rings (SSSR count). The van der Waals surface area contributed by atoms with Crippen LogP contribution in [0.25, 0.3) is 0 Å². The molecule has 0 radical (unpaired) electrons. The number of hydrogen-bond acceptors (Lipinski definition) is 7. The summed E-state index contributed by atoms with van der Waals surface area (Å²) in [6, 6.07) is 6.63. The molecule has 1 unspecified atom stereocenters. The first-order chi connectivity index (χ1) is 18.3. The van der Waals surface area contributed by atoms with Gasteiger partial charge in [-0.25, -0.2) is 0 Å². The van der Waals surface area contributed by atoms with E-state index in [-0.39, 0.29) is 18.5 Å². The molecule has 11 heteroatoms. The number of hydrogen-bond donors (Lipinski definition) is 6. The molecule has 1 aromatic rings. The van der Waals surface area contributed by atoms with Crippen LogP contribution in [0, 0.1) is 11.3 Å².